The minimum absolute atomic E-state index is 0.0411. The van der Waals surface area contributed by atoms with Crippen LogP contribution in [0, 0.1) is 0 Å². The second kappa shape index (κ2) is 6.32. The molecule has 0 saturated carbocycles. The van der Waals surface area contributed by atoms with Crippen LogP contribution in [0.1, 0.15) is 33.1 Å². The van der Waals surface area contributed by atoms with E-state index in [4.69, 9.17) is 4.74 Å². The smallest absolute Gasteiger partial charge is 0.336 e. The topological polar surface area (TPSA) is 93.0 Å². The molecule has 5 rings (SSSR count). The predicted octanol–water partition coefficient (Wildman–Crippen LogP) is 3.18. The second-order valence-electron chi connectivity index (χ2n) is 8.58. The molecule has 29 heavy (non-hydrogen) atoms. The van der Waals surface area contributed by atoms with E-state index in [0.717, 1.165) is 23.6 Å². The molecule has 2 saturated heterocycles. The Kier molecular flexibility index (Phi) is 3.96. The highest BCUT2D eigenvalue weighted by atomic mass is 19.1. The van der Waals surface area contributed by atoms with E-state index in [2.05, 4.69) is 32.4 Å². The summed E-state index contributed by atoms with van der Waals surface area (Å²) in [5.41, 5.74) is 0.200. The van der Waals surface area contributed by atoms with E-state index in [1.807, 2.05) is 19.1 Å². The highest BCUT2D eigenvalue weighted by Gasteiger charge is 2.56. The number of alkyl halides is 1. The van der Waals surface area contributed by atoms with Gasteiger partial charge in [-0.05, 0) is 50.3 Å². The van der Waals surface area contributed by atoms with Gasteiger partial charge in [0.1, 0.15) is 17.5 Å². The quantitative estimate of drug-likeness (QED) is 0.703. The first-order valence-corrected chi connectivity index (χ1v) is 9.72. The Bertz CT molecular complexity index is 1080. The molecule has 1 aromatic carbocycles. The normalized spacial score (nSPS) is 31.1. The molecule has 7 nitrogen and oxygen atoms in total. The Balaban J connectivity index is 1.39. The molecule has 2 aliphatic rings. The van der Waals surface area contributed by atoms with Crippen LogP contribution < -0.4 is 10.1 Å². The number of rotatable bonds is 3. The molecule has 8 heteroatoms. The molecule has 2 N–H and O–H groups in total. The summed E-state index contributed by atoms with van der Waals surface area (Å²) < 4.78 is 20.8. The number of hydrogen-bond acceptors (Lipinski definition) is 7. The number of aromatic nitrogens is 4. The standard InChI is InChI=1S/C21H22FN5O2/c1-20-4-5-21(2,27-20)18(22)17(9-20)29-19-24-11-15(25-26-19)14-7-12-3-6-23-10-13(12)8-16(14)28/h3,6-8,10-11,17-18,27-28H,4-5,9H2,1-2H3/t17-,18+,20-,21+/m0/s1. The van der Waals surface area contributed by atoms with Gasteiger partial charge in [-0.15, -0.1) is 5.10 Å². The van der Waals surface area contributed by atoms with Crippen molar-refractivity contribution in [3.05, 3.63) is 36.8 Å². The first kappa shape index (κ1) is 18.2. The second-order valence-corrected chi connectivity index (χ2v) is 8.58. The fourth-order valence-electron chi connectivity index (χ4n) is 4.68. The lowest BCUT2D eigenvalue weighted by molar-refractivity contribution is -0.0119. The maximum absolute atomic E-state index is 15.0. The van der Waals surface area contributed by atoms with Crippen LogP contribution in [-0.4, -0.2) is 48.6 Å². The maximum Gasteiger partial charge on any atom is 0.336 e. The van der Waals surface area contributed by atoms with Crippen LogP contribution >= 0.6 is 0 Å². The SMILES string of the molecule is C[C@@]12CC[C@@](C)(N1)[C@H](F)[C@@H](Oc1ncc(-c3cc4ccncc4cc3O)nn1)C2. The van der Waals surface area contributed by atoms with Crippen molar-refractivity contribution in [2.75, 3.05) is 0 Å². The molecule has 150 valence electrons. The predicted molar refractivity (Wildman–Crippen MR) is 105 cm³/mol. The van der Waals surface area contributed by atoms with Crippen molar-refractivity contribution in [3.8, 4) is 23.0 Å². The lowest BCUT2D eigenvalue weighted by Crippen LogP contribution is -2.63. The molecule has 2 fully saturated rings. The minimum atomic E-state index is -1.15. The molecule has 4 heterocycles. The molecule has 0 amide bonds. The van der Waals surface area contributed by atoms with Gasteiger partial charge in [-0.2, -0.15) is 0 Å². The van der Waals surface area contributed by atoms with Crippen LogP contribution in [0.25, 0.3) is 22.0 Å². The fraction of sp³-hybridized carbons (Fsp3) is 0.429. The van der Waals surface area contributed by atoms with Gasteiger partial charge in [0.05, 0.1) is 11.7 Å². The number of nitrogens with one attached hydrogen (secondary N) is 1. The van der Waals surface area contributed by atoms with E-state index < -0.39 is 17.8 Å². The van der Waals surface area contributed by atoms with Gasteiger partial charge in [-0.1, -0.05) is 5.10 Å². The zero-order valence-electron chi connectivity index (χ0n) is 16.3. The van der Waals surface area contributed by atoms with Crippen molar-refractivity contribution in [1.82, 2.24) is 25.5 Å². The summed E-state index contributed by atoms with van der Waals surface area (Å²) in [7, 11) is 0. The van der Waals surface area contributed by atoms with Gasteiger partial charge in [0.2, 0.25) is 0 Å². The van der Waals surface area contributed by atoms with E-state index in [1.165, 1.54) is 6.20 Å². The number of phenolic OH excluding ortho intramolecular Hbond substituents is 1. The van der Waals surface area contributed by atoms with Crippen LogP contribution in [-0.2, 0) is 0 Å². The summed E-state index contributed by atoms with van der Waals surface area (Å²) >= 11 is 0. The number of fused-ring (bicyclic) bond motifs is 3. The van der Waals surface area contributed by atoms with Gasteiger partial charge in [0, 0.05) is 35.3 Å². The lowest BCUT2D eigenvalue weighted by Gasteiger charge is -2.43. The summed E-state index contributed by atoms with van der Waals surface area (Å²) in [5, 5.41) is 23.7. The van der Waals surface area contributed by atoms with E-state index in [9.17, 15) is 5.11 Å². The van der Waals surface area contributed by atoms with Crippen molar-refractivity contribution in [2.24, 2.45) is 0 Å². The van der Waals surface area contributed by atoms with Crippen LogP contribution in [0.4, 0.5) is 4.39 Å². The molecular weight excluding hydrogens is 373 g/mol. The van der Waals surface area contributed by atoms with E-state index in [1.54, 1.807) is 18.5 Å². The third kappa shape index (κ3) is 3.07. The molecule has 2 aliphatic heterocycles. The molecular formula is C21H22FN5O2. The van der Waals surface area contributed by atoms with Crippen LogP contribution in [0.3, 0.4) is 0 Å². The Morgan fingerprint density at radius 2 is 2.03 bits per heavy atom. The van der Waals surface area contributed by atoms with Gasteiger partial charge >= 0.3 is 6.01 Å². The summed E-state index contributed by atoms with van der Waals surface area (Å²) in [6.45, 7) is 4.00. The Morgan fingerprint density at radius 1 is 1.17 bits per heavy atom. The number of piperidine rings is 1. The average molecular weight is 395 g/mol. The molecule has 0 spiro atoms. The zero-order chi connectivity index (χ0) is 20.2. The number of nitrogens with zero attached hydrogens (tertiary/aromatic N) is 4. The number of halogens is 1. The third-order valence-electron chi connectivity index (χ3n) is 6.20. The number of aromatic hydroxyl groups is 1. The summed E-state index contributed by atoms with van der Waals surface area (Å²) in [6.07, 6.45) is 5.32. The van der Waals surface area contributed by atoms with Crippen LogP contribution in [0.15, 0.2) is 36.8 Å². The van der Waals surface area contributed by atoms with Crippen LogP contribution in [0.5, 0.6) is 11.8 Å². The summed E-state index contributed by atoms with van der Waals surface area (Å²) in [5.74, 6) is 0.0647. The first-order valence-electron chi connectivity index (χ1n) is 9.72. The fourth-order valence-corrected chi connectivity index (χ4v) is 4.68. The maximum atomic E-state index is 15.0. The zero-order valence-corrected chi connectivity index (χ0v) is 16.3. The highest BCUT2D eigenvalue weighted by Crippen LogP contribution is 2.44. The molecule has 2 bridgehead atoms. The van der Waals surface area contributed by atoms with Crippen molar-refractivity contribution in [1.29, 1.82) is 0 Å². The number of pyridine rings is 1. The Hall–Kier alpha value is -2.87. The molecule has 0 radical (unpaired) electrons. The third-order valence-corrected chi connectivity index (χ3v) is 6.20. The van der Waals surface area contributed by atoms with E-state index in [0.29, 0.717) is 17.7 Å². The molecule has 0 unspecified atom stereocenters. The number of hydrogen-bond donors (Lipinski definition) is 2. The largest absolute Gasteiger partial charge is 0.507 e. The monoisotopic (exact) mass is 395 g/mol. The molecule has 3 aromatic rings. The number of ether oxygens (including phenoxy) is 1. The molecule has 2 aromatic heterocycles. The van der Waals surface area contributed by atoms with Gasteiger partial charge in [-0.3, -0.25) is 4.98 Å². The van der Waals surface area contributed by atoms with Crippen molar-refractivity contribution < 1.29 is 14.2 Å². The lowest BCUT2D eigenvalue weighted by atomic mass is 9.85. The minimum Gasteiger partial charge on any atom is -0.507 e. The average Bonchev–Trinajstić information content (AvgIpc) is 2.98. The summed E-state index contributed by atoms with van der Waals surface area (Å²) in [6, 6.07) is 5.33. The summed E-state index contributed by atoms with van der Waals surface area (Å²) in [4.78, 5) is 8.27. The van der Waals surface area contributed by atoms with Crippen molar-refractivity contribution in [3.63, 3.8) is 0 Å². The van der Waals surface area contributed by atoms with Gasteiger partial charge < -0.3 is 15.2 Å². The van der Waals surface area contributed by atoms with E-state index >= 15 is 4.39 Å². The molecule has 4 atom stereocenters. The first-order chi connectivity index (χ1) is 13.9. The molecule has 0 aliphatic carbocycles. The van der Waals surface area contributed by atoms with Gasteiger partial charge in [0.15, 0.2) is 6.17 Å². The van der Waals surface area contributed by atoms with Gasteiger partial charge in [0.25, 0.3) is 0 Å². The Labute approximate surface area is 167 Å². The van der Waals surface area contributed by atoms with Gasteiger partial charge in [-0.25, -0.2) is 9.37 Å². The number of phenols is 1. The number of benzene rings is 1. The van der Waals surface area contributed by atoms with Crippen molar-refractivity contribution in [2.45, 2.75) is 56.5 Å². The van der Waals surface area contributed by atoms with Crippen molar-refractivity contribution >= 4 is 10.8 Å². The van der Waals surface area contributed by atoms with Crippen LogP contribution in [0.2, 0.25) is 0 Å². The van der Waals surface area contributed by atoms with E-state index in [-0.39, 0.29) is 17.3 Å². The Morgan fingerprint density at radius 3 is 2.83 bits per heavy atom. The highest BCUT2D eigenvalue weighted by molar-refractivity contribution is 5.89.